The minimum atomic E-state index is -1.46. The molecule has 0 N–H and O–H groups in total. The van der Waals surface area contributed by atoms with Crippen LogP contribution in [0.3, 0.4) is 0 Å². The van der Waals surface area contributed by atoms with Crippen LogP contribution in [-0.2, 0) is 4.74 Å². The summed E-state index contributed by atoms with van der Waals surface area (Å²) in [6, 6.07) is 0. The fourth-order valence-corrected chi connectivity index (χ4v) is 0.846. The molecular formula is C11H24O. The summed E-state index contributed by atoms with van der Waals surface area (Å²) >= 11 is 0. The molecule has 0 aromatic rings. The molecule has 0 radical (unpaired) electrons. The first-order chi connectivity index (χ1) is 6.24. The van der Waals surface area contributed by atoms with Gasteiger partial charge in [-0.05, 0) is 38.5 Å². The normalized spacial score (nSPS) is 17.9. The van der Waals surface area contributed by atoms with E-state index in [1.165, 1.54) is 0 Å². The van der Waals surface area contributed by atoms with Crippen LogP contribution in [0.25, 0.3) is 0 Å². The number of hydrogen-bond acceptors (Lipinski definition) is 1. The zero-order valence-corrected chi connectivity index (χ0v) is 9.05. The smallest absolute Gasteiger partial charge is 0.0567 e. The summed E-state index contributed by atoms with van der Waals surface area (Å²) in [6.45, 7) is 8.77. The fourth-order valence-electron chi connectivity index (χ4n) is 0.846. The second-order valence-corrected chi connectivity index (χ2v) is 4.07. The average molecular weight is 174 g/mol. The molecule has 0 amide bonds. The van der Waals surface area contributed by atoms with E-state index >= 15 is 0 Å². The summed E-state index contributed by atoms with van der Waals surface area (Å²) in [5.41, 5.74) is 0. The maximum absolute atomic E-state index is 7.64. The van der Waals surface area contributed by atoms with E-state index in [9.17, 15) is 0 Å². The second kappa shape index (κ2) is 6.47. The lowest BCUT2D eigenvalue weighted by molar-refractivity contribution is 0.0728. The van der Waals surface area contributed by atoms with Crippen molar-refractivity contribution in [1.29, 1.82) is 0 Å². The Morgan fingerprint density at radius 2 is 1.75 bits per heavy atom. The summed E-state index contributed by atoms with van der Waals surface area (Å²) in [5, 5.41) is 0. The second-order valence-electron chi connectivity index (χ2n) is 4.07. The molecule has 74 valence electrons. The van der Waals surface area contributed by atoms with Crippen molar-refractivity contribution in [2.75, 3.05) is 6.56 Å². The molecule has 12 heavy (non-hydrogen) atoms. The Morgan fingerprint density at radius 3 is 2.17 bits per heavy atom. The minimum absolute atomic E-state index is 0.0423. The van der Waals surface area contributed by atoms with Gasteiger partial charge in [0.15, 0.2) is 0 Å². The SMILES string of the molecule is [2H]C([2H])(CC[C@H](C)C(C)C)OC(C)C. The van der Waals surface area contributed by atoms with Crippen LogP contribution in [0.5, 0.6) is 0 Å². The number of hydrogen-bond donors (Lipinski definition) is 0. The Labute approximate surface area is 80.3 Å². The van der Waals surface area contributed by atoms with Crippen LogP contribution in [0.2, 0.25) is 0 Å². The van der Waals surface area contributed by atoms with E-state index in [4.69, 9.17) is 7.48 Å². The average Bonchev–Trinajstić information content (AvgIpc) is 1.97. The van der Waals surface area contributed by atoms with Gasteiger partial charge < -0.3 is 4.74 Å². The summed E-state index contributed by atoms with van der Waals surface area (Å²) in [4.78, 5) is 0. The van der Waals surface area contributed by atoms with Gasteiger partial charge in [0.25, 0.3) is 0 Å². The van der Waals surface area contributed by atoms with Gasteiger partial charge >= 0.3 is 0 Å². The van der Waals surface area contributed by atoms with Crippen molar-refractivity contribution in [3.63, 3.8) is 0 Å². The van der Waals surface area contributed by atoms with E-state index in [-0.39, 0.29) is 6.10 Å². The van der Waals surface area contributed by atoms with E-state index in [0.717, 1.165) is 6.42 Å². The first-order valence-electron chi connectivity index (χ1n) is 5.92. The maximum Gasteiger partial charge on any atom is 0.0567 e. The highest BCUT2D eigenvalue weighted by atomic mass is 16.5. The minimum Gasteiger partial charge on any atom is -0.379 e. The molecule has 0 rings (SSSR count). The van der Waals surface area contributed by atoms with E-state index in [1.807, 2.05) is 13.8 Å². The molecule has 0 heterocycles. The van der Waals surface area contributed by atoms with E-state index < -0.39 is 6.56 Å². The van der Waals surface area contributed by atoms with Crippen LogP contribution >= 0.6 is 0 Å². The van der Waals surface area contributed by atoms with Crippen LogP contribution < -0.4 is 0 Å². The highest BCUT2D eigenvalue weighted by Gasteiger charge is 2.06. The molecule has 0 aliphatic heterocycles. The molecule has 0 aliphatic rings. The van der Waals surface area contributed by atoms with Gasteiger partial charge in [0, 0.05) is 6.56 Å². The van der Waals surface area contributed by atoms with E-state index in [0.29, 0.717) is 18.3 Å². The first-order valence-corrected chi connectivity index (χ1v) is 4.92. The molecule has 0 aliphatic carbocycles. The lowest BCUT2D eigenvalue weighted by Gasteiger charge is -2.15. The molecule has 0 bridgehead atoms. The van der Waals surface area contributed by atoms with Gasteiger partial charge in [0.05, 0.1) is 8.85 Å². The number of ether oxygens (including phenoxy) is 1. The standard InChI is InChI=1S/C11H24O/c1-9(2)11(5)7-6-8-12-10(3)4/h9-11H,6-8H2,1-5H3/t11-/m0/s1/i8D2. The molecule has 0 saturated carbocycles. The monoisotopic (exact) mass is 174 g/mol. The fraction of sp³-hybridized carbons (Fsp3) is 1.00. The molecular weight excluding hydrogens is 148 g/mol. The molecule has 0 aromatic carbocycles. The molecule has 0 spiro atoms. The van der Waals surface area contributed by atoms with Crippen molar-refractivity contribution in [2.24, 2.45) is 11.8 Å². The lowest BCUT2D eigenvalue weighted by Crippen LogP contribution is -2.08. The zero-order chi connectivity index (χ0) is 11.4. The zero-order valence-electron chi connectivity index (χ0n) is 11.1. The molecule has 1 nitrogen and oxygen atoms in total. The number of rotatable bonds is 6. The Bertz CT molecular complexity index is 155. The van der Waals surface area contributed by atoms with Crippen LogP contribution in [0.1, 0.15) is 50.2 Å². The van der Waals surface area contributed by atoms with Crippen molar-refractivity contribution >= 4 is 0 Å². The van der Waals surface area contributed by atoms with Crippen molar-refractivity contribution in [2.45, 2.75) is 53.6 Å². The third-order valence-electron chi connectivity index (χ3n) is 2.16. The van der Waals surface area contributed by atoms with Crippen molar-refractivity contribution in [1.82, 2.24) is 0 Å². The van der Waals surface area contributed by atoms with E-state index in [2.05, 4.69) is 20.8 Å². The van der Waals surface area contributed by atoms with Gasteiger partial charge in [-0.1, -0.05) is 20.8 Å². The Balaban J connectivity index is 3.86. The van der Waals surface area contributed by atoms with Crippen LogP contribution in [0.15, 0.2) is 0 Å². The molecule has 0 fully saturated rings. The van der Waals surface area contributed by atoms with Gasteiger partial charge in [0.2, 0.25) is 0 Å². The van der Waals surface area contributed by atoms with Crippen molar-refractivity contribution in [3.8, 4) is 0 Å². The van der Waals surface area contributed by atoms with Gasteiger partial charge in [-0.3, -0.25) is 0 Å². The van der Waals surface area contributed by atoms with Crippen LogP contribution in [0, 0.1) is 11.8 Å². The first kappa shape index (κ1) is 8.55. The molecule has 0 aromatic heterocycles. The lowest BCUT2D eigenvalue weighted by atomic mass is 9.93. The van der Waals surface area contributed by atoms with Gasteiger partial charge in [-0.15, -0.1) is 0 Å². The Kier molecular flexibility index (Phi) is 4.61. The van der Waals surface area contributed by atoms with Crippen LogP contribution in [0.4, 0.5) is 0 Å². The summed E-state index contributed by atoms with van der Waals surface area (Å²) < 4.78 is 20.5. The molecule has 1 atom stereocenters. The van der Waals surface area contributed by atoms with Crippen molar-refractivity contribution in [3.05, 3.63) is 0 Å². The van der Waals surface area contributed by atoms with Gasteiger partial charge in [0.1, 0.15) is 0 Å². The third kappa shape index (κ3) is 6.66. The quantitative estimate of drug-likeness (QED) is 0.599. The highest BCUT2D eigenvalue weighted by Crippen LogP contribution is 2.15. The molecule has 1 heteroatoms. The largest absolute Gasteiger partial charge is 0.379 e. The Morgan fingerprint density at radius 1 is 1.17 bits per heavy atom. The summed E-state index contributed by atoms with van der Waals surface area (Å²) in [6.07, 6.45) is 1.33. The summed E-state index contributed by atoms with van der Waals surface area (Å²) in [5.74, 6) is 1.17. The predicted molar refractivity (Wildman–Crippen MR) is 54.3 cm³/mol. The van der Waals surface area contributed by atoms with E-state index in [1.54, 1.807) is 0 Å². The topological polar surface area (TPSA) is 9.23 Å². The van der Waals surface area contributed by atoms with Gasteiger partial charge in [-0.2, -0.15) is 0 Å². The predicted octanol–water partition coefficient (Wildman–Crippen LogP) is 3.48. The third-order valence-corrected chi connectivity index (χ3v) is 2.16. The van der Waals surface area contributed by atoms with Gasteiger partial charge in [-0.25, -0.2) is 0 Å². The maximum atomic E-state index is 7.64. The summed E-state index contributed by atoms with van der Waals surface area (Å²) in [7, 11) is 0. The van der Waals surface area contributed by atoms with Crippen LogP contribution in [-0.4, -0.2) is 12.7 Å². The molecule has 0 saturated heterocycles. The Hall–Kier alpha value is -0.0400. The highest BCUT2D eigenvalue weighted by molar-refractivity contribution is 4.56. The molecule has 0 unspecified atom stereocenters. The van der Waals surface area contributed by atoms with Crippen molar-refractivity contribution < 1.29 is 7.48 Å².